The molecule has 0 bridgehead atoms. The second-order valence-corrected chi connectivity index (χ2v) is 6.26. The van der Waals surface area contributed by atoms with Crippen LogP contribution in [0.25, 0.3) is 0 Å². The molecule has 0 radical (unpaired) electrons. The summed E-state index contributed by atoms with van der Waals surface area (Å²) in [7, 11) is 0. The van der Waals surface area contributed by atoms with E-state index in [0.717, 1.165) is 25.4 Å². The molecule has 0 saturated carbocycles. The lowest BCUT2D eigenvalue weighted by molar-refractivity contribution is 0.237. The third-order valence-corrected chi connectivity index (χ3v) is 4.76. The summed E-state index contributed by atoms with van der Waals surface area (Å²) in [5.74, 6) is 1.04. The molecule has 1 heterocycles. The number of ether oxygens (including phenoxy) is 1. The van der Waals surface area contributed by atoms with E-state index in [9.17, 15) is 0 Å². The number of hydrogen-bond donors (Lipinski definition) is 1. The van der Waals surface area contributed by atoms with Crippen LogP contribution in [0.4, 0.5) is 0 Å². The van der Waals surface area contributed by atoms with Crippen LogP contribution in [0.2, 0.25) is 0 Å². The molecule has 0 amide bonds. The molecular formula is C18H28N2O. The Labute approximate surface area is 128 Å². The molecule has 3 rings (SSSR count). The van der Waals surface area contributed by atoms with Crippen molar-refractivity contribution >= 4 is 0 Å². The van der Waals surface area contributed by atoms with E-state index in [1.165, 1.54) is 56.3 Å². The highest BCUT2D eigenvalue weighted by Gasteiger charge is 2.20. The van der Waals surface area contributed by atoms with Crippen LogP contribution in [-0.4, -0.2) is 37.7 Å². The Balaban J connectivity index is 1.59. The third kappa shape index (κ3) is 3.78. The van der Waals surface area contributed by atoms with Crippen LogP contribution in [0, 0.1) is 0 Å². The minimum absolute atomic E-state index is 0.515. The predicted octanol–water partition coefficient (Wildman–Crippen LogP) is 3.15. The van der Waals surface area contributed by atoms with Crippen molar-refractivity contribution in [1.29, 1.82) is 0 Å². The molecule has 21 heavy (non-hydrogen) atoms. The number of nitrogens with zero attached hydrogens (tertiary/aromatic N) is 1. The van der Waals surface area contributed by atoms with Gasteiger partial charge in [0.1, 0.15) is 12.4 Å². The fourth-order valence-electron chi connectivity index (χ4n) is 3.62. The summed E-state index contributed by atoms with van der Waals surface area (Å²) < 4.78 is 5.99. The van der Waals surface area contributed by atoms with Gasteiger partial charge in [0, 0.05) is 12.6 Å². The van der Waals surface area contributed by atoms with E-state index in [1.54, 1.807) is 0 Å². The standard InChI is InChI=1S/C18H28N2O/c1-2-19-18-7-5-6-15-8-9-16(14-17(15)18)21-13-12-20-10-3-4-11-20/h8-9,14,18-19H,2-7,10-13H2,1H3. The zero-order valence-electron chi connectivity index (χ0n) is 13.2. The lowest BCUT2D eigenvalue weighted by Gasteiger charge is -2.26. The quantitative estimate of drug-likeness (QED) is 0.870. The Morgan fingerprint density at radius 2 is 2.10 bits per heavy atom. The van der Waals surface area contributed by atoms with Gasteiger partial charge in [-0.25, -0.2) is 0 Å². The molecule has 1 unspecified atom stereocenters. The van der Waals surface area contributed by atoms with Gasteiger partial charge in [0.15, 0.2) is 0 Å². The minimum atomic E-state index is 0.515. The van der Waals surface area contributed by atoms with Crippen molar-refractivity contribution in [2.45, 2.75) is 45.1 Å². The van der Waals surface area contributed by atoms with Crippen LogP contribution in [0.15, 0.2) is 18.2 Å². The molecule has 3 nitrogen and oxygen atoms in total. The van der Waals surface area contributed by atoms with E-state index >= 15 is 0 Å². The molecule has 2 aliphatic rings. The number of fused-ring (bicyclic) bond motifs is 1. The van der Waals surface area contributed by atoms with Crippen molar-refractivity contribution in [3.05, 3.63) is 29.3 Å². The van der Waals surface area contributed by atoms with Gasteiger partial charge in [0.2, 0.25) is 0 Å². The van der Waals surface area contributed by atoms with Crippen molar-refractivity contribution in [2.24, 2.45) is 0 Å². The fourth-order valence-corrected chi connectivity index (χ4v) is 3.62. The van der Waals surface area contributed by atoms with E-state index in [0.29, 0.717) is 6.04 Å². The molecule has 1 saturated heterocycles. The monoisotopic (exact) mass is 288 g/mol. The fraction of sp³-hybridized carbons (Fsp3) is 0.667. The Kier molecular flexibility index (Phi) is 5.15. The summed E-state index contributed by atoms with van der Waals surface area (Å²) in [6, 6.07) is 7.20. The van der Waals surface area contributed by atoms with Crippen LogP contribution < -0.4 is 10.1 Å². The summed E-state index contributed by atoms with van der Waals surface area (Å²) in [4.78, 5) is 2.50. The van der Waals surface area contributed by atoms with Crippen molar-refractivity contribution < 1.29 is 4.74 Å². The predicted molar refractivity (Wildman–Crippen MR) is 87.0 cm³/mol. The van der Waals surface area contributed by atoms with Crippen LogP contribution in [0.3, 0.4) is 0 Å². The first-order chi connectivity index (χ1) is 10.4. The molecule has 116 valence electrons. The van der Waals surface area contributed by atoms with Gasteiger partial charge in [-0.05, 0) is 75.0 Å². The van der Waals surface area contributed by atoms with E-state index in [2.05, 4.69) is 35.3 Å². The van der Waals surface area contributed by atoms with Crippen molar-refractivity contribution in [3.8, 4) is 5.75 Å². The maximum atomic E-state index is 5.99. The van der Waals surface area contributed by atoms with Gasteiger partial charge in [-0.3, -0.25) is 4.90 Å². The van der Waals surface area contributed by atoms with Gasteiger partial charge in [-0.2, -0.15) is 0 Å². The van der Waals surface area contributed by atoms with Gasteiger partial charge >= 0.3 is 0 Å². The summed E-state index contributed by atoms with van der Waals surface area (Å²) in [5, 5.41) is 3.60. The highest BCUT2D eigenvalue weighted by atomic mass is 16.5. The Hall–Kier alpha value is -1.06. The Morgan fingerprint density at radius 3 is 2.90 bits per heavy atom. The first-order valence-corrected chi connectivity index (χ1v) is 8.58. The highest BCUT2D eigenvalue weighted by molar-refractivity contribution is 5.39. The average Bonchev–Trinajstić information content (AvgIpc) is 3.01. The summed E-state index contributed by atoms with van der Waals surface area (Å²) in [6.45, 7) is 7.58. The Morgan fingerprint density at radius 1 is 1.24 bits per heavy atom. The number of rotatable bonds is 6. The second kappa shape index (κ2) is 7.28. The largest absolute Gasteiger partial charge is 0.492 e. The van der Waals surface area contributed by atoms with Gasteiger partial charge < -0.3 is 10.1 Å². The van der Waals surface area contributed by atoms with Crippen LogP contribution in [0.1, 0.15) is 49.8 Å². The summed E-state index contributed by atoms with van der Waals surface area (Å²) in [6.07, 6.45) is 6.45. The smallest absolute Gasteiger partial charge is 0.119 e. The zero-order valence-corrected chi connectivity index (χ0v) is 13.2. The second-order valence-electron chi connectivity index (χ2n) is 6.26. The molecule has 1 N–H and O–H groups in total. The van der Waals surface area contributed by atoms with E-state index in [1.807, 2.05) is 0 Å². The third-order valence-electron chi connectivity index (χ3n) is 4.76. The topological polar surface area (TPSA) is 24.5 Å². The number of benzene rings is 1. The van der Waals surface area contributed by atoms with Gasteiger partial charge in [-0.15, -0.1) is 0 Å². The minimum Gasteiger partial charge on any atom is -0.492 e. The number of aryl methyl sites for hydroxylation is 1. The Bertz CT molecular complexity index is 455. The van der Waals surface area contributed by atoms with Gasteiger partial charge in [0.05, 0.1) is 0 Å². The molecule has 0 aromatic heterocycles. The maximum Gasteiger partial charge on any atom is 0.119 e. The van der Waals surface area contributed by atoms with Crippen molar-refractivity contribution in [1.82, 2.24) is 10.2 Å². The van der Waals surface area contributed by atoms with Crippen molar-refractivity contribution in [2.75, 3.05) is 32.8 Å². The number of hydrogen-bond acceptors (Lipinski definition) is 3. The van der Waals surface area contributed by atoms with Crippen LogP contribution >= 0.6 is 0 Å². The average molecular weight is 288 g/mol. The number of nitrogens with one attached hydrogen (secondary N) is 1. The van der Waals surface area contributed by atoms with Crippen molar-refractivity contribution in [3.63, 3.8) is 0 Å². The molecule has 1 aliphatic carbocycles. The maximum absolute atomic E-state index is 5.99. The normalized spacial score (nSPS) is 22.2. The van der Waals surface area contributed by atoms with E-state index in [4.69, 9.17) is 4.74 Å². The molecular weight excluding hydrogens is 260 g/mol. The summed E-state index contributed by atoms with van der Waals surface area (Å²) in [5.41, 5.74) is 2.96. The lowest BCUT2D eigenvalue weighted by atomic mass is 9.87. The lowest BCUT2D eigenvalue weighted by Crippen LogP contribution is -2.26. The molecule has 1 atom stereocenters. The molecule has 0 spiro atoms. The molecule has 1 aromatic carbocycles. The summed E-state index contributed by atoms with van der Waals surface area (Å²) >= 11 is 0. The molecule has 3 heteroatoms. The first-order valence-electron chi connectivity index (χ1n) is 8.58. The van der Waals surface area contributed by atoms with Crippen LogP contribution in [-0.2, 0) is 6.42 Å². The molecule has 1 aromatic rings. The van der Waals surface area contributed by atoms with E-state index < -0.39 is 0 Å². The van der Waals surface area contributed by atoms with Crippen LogP contribution in [0.5, 0.6) is 5.75 Å². The SMILES string of the molecule is CCNC1CCCc2ccc(OCCN3CCCC3)cc21. The highest BCUT2D eigenvalue weighted by Crippen LogP contribution is 2.32. The van der Waals surface area contributed by atoms with Gasteiger partial charge in [-0.1, -0.05) is 13.0 Å². The van der Waals surface area contributed by atoms with E-state index in [-0.39, 0.29) is 0 Å². The van der Waals surface area contributed by atoms with Gasteiger partial charge in [0.25, 0.3) is 0 Å². The first kappa shape index (κ1) is 14.9. The molecule has 1 fully saturated rings. The number of likely N-dealkylation sites (tertiary alicyclic amines) is 1. The molecule has 1 aliphatic heterocycles. The zero-order chi connectivity index (χ0) is 14.5.